The van der Waals surface area contributed by atoms with Crippen LogP contribution in [0.4, 0.5) is 0 Å². The minimum atomic E-state index is -0.878. The van der Waals surface area contributed by atoms with Gasteiger partial charge in [0, 0.05) is 24.3 Å². The van der Waals surface area contributed by atoms with Gasteiger partial charge in [-0.05, 0) is 63.4 Å². The van der Waals surface area contributed by atoms with E-state index in [1.54, 1.807) is 24.1 Å². The molecule has 1 saturated heterocycles. The summed E-state index contributed by atoms with van der Waals surface area (Å²) < 4.78 is 11.2. The van der Waals surface area contributed by atoms with Crippen molar-refractivity contribution < 1.29 is 19.1 Å². The molecule has 0 aliphatic carbocycles. The molecule has 1 fully saturated rings. The molecular weight excluding hydrogens is 484 g/mol. The minimum absolute atomic E-state index is 0.158. The number of amides is 2. The van der Waals surface area contributed by atoms with Crippen LogP contribution in [-0.4, -0.2) is 68.8 Å². The minimum Gasteiger partial charge on any atom is -0.497 e. The fourth-order valence-corrected chi connectivity index (χ4v) is 4.40. The zero-order valence-corrected chi connectivity index (χ0v) is 22.7. The highest BCUT2D eigenvalue weighted by Gasteiger charge is 2.36. The molecule has 2 unspecified atom stereocenters. The van der Waals surface area contributed by atoms with Crippen molar-refractivity contribution in [1.29, 1.82) is 0 Å². The monoisotopic (exact) mass is 520 g/mol. The quantitative estimate of drug-likeness (QED) is 0.461. The molecule has 3 aromatic rings. The molecule has 10 nitrogen and oxygen atoms in total. The first-order valence-corrected chi connectivity index (χ1v) is 12.8. The van der Waals surface area contributed by atoms with Crippen molar-refractivity contribution >= 4 is 11.8 Å². The third kappa shape index (κ3) is 6.95. The standard InChI is InChI=1S/C28H36N6O4/c1-19-8-10-21(11-9-19)26-30-32-34(31-26)18-24(35)33(17-23-7-6-16-38-23)25(27(36)29-28(2,3)4)20-12-14-22(37-5)15-13-20/h8-15,23,25H,6-7,16-18H2,1-5H3,(H,29,36). The van der Waals surface area contributed by atoms with Crippen LogP contribution in [0.25, 0.3) is 11.4 Å². The molecule has 38 heavy (non-hydrogen) atoms. The maximum atomic E-state index is 13.8. The average Bonchev–Trinajstić information content (AvgIpc) is 3.56. The summed E-state index contributed by atoms with van der Waals surface area (Å²) in [4.78, 5) is 30.4. The number of hydrogen-bond acceptors (Lipinski definition) is 7. The van der Waals surface area contributed by atoms with E-state index in [1.807, 2.05) is 64.1 Å². The second kappa shape index (κ2) is 11.7. The van der Waals surface area contributed by atoms with Gasteiger partial charge in [-0.2, -0.15) is 4.80 Å². The van der Waals surface area contributed by atoms with Crippen molar-refractivity contribution in [2.24, 2.45) is 0 Å². The molecule has 2 amide bonds. The van der Waals surface area contributed by atoms with Crippen molar-refractivity contribution in [3.05, 3.63) is 59.7 Å². The van der Waals surface area contributed by atoms with Crippen LogP contribution in [0.1, 0.15) is 50.8 Å². The van der Waals surface area contributed by atoms with Crippen LogP contribution >= 0.6 is 0 Å². The number of aromatic nitrogens is 4. The number of nitrogens with one attached hydrogen (secondary N) is 1. The van der Waals surface area contributed by atoms with E-state index < -0.39 is 11.6 Å². The number of carbonyl (C=O) groups excluding carboxylic acids is 2. The van der Waals surface area contributed by atoms with Gasteiger partial charge in [0.2, 0.25) is 17.6 Å². The van der Waals surface area contributed by atoms with Crippen LogP contribution < -0.4 is 10.1 Å². The third-order valence-electron chi connectivity index (χ3n) is 6.27. The van der Waals surface area contributed by atoms with Gasteiger partial charge in [-0.25, -0.2) is 0 Å². The average molecular weight is 521 g/mol. The van der Waals surface area contributed by atoms with E-state index in [0.717, 1.165) is 24.0 Å². The van der Waals surface area contributed by atoms with Crippen LogP contribution in [0, 0.1) is 6.92 Å². The maximum absolute atomic E-state index is 13.8. The number of rotatable bonds is 9. The molecule has 2 heterocycles. The van der Waals surface area contributed by atoms with Crippen molar-refractivity contribution in [2.45, 2.75) is 64.8 Å². The molecular formula is C28H36N6O4. The predicted octanol–water partition coefficient (Wildman–Crippen LogP) is 3.32. The first-order chi connectivity index (χ1) is 18.1. The Kier molecular flexibility index (Phi) is 8.41. The normalized spacial score (nSPS) is 16.2. The smallest absolute Gasteiger partial charge is 0.247 e. The summed E-state index contributed by atoms with van der Waals surface area (Å²) in [7, 11) is 1.59. The molecule has 1 aliphatic heterocycles. The maximum Gasteiger partial charge on any atom is 0.247 e. The molecule has 2 atom stereocenters. The van der Waals surface area contributed by atoms with E-state index in [-0.39, 0.29) is 31.0 Å². The SMILES string of the molecule is COc1ccc(C(C(=O)NC(C)(C)C)N(CC2CCCO2)C(=O)Cn2nnc(-c3ccc(C)cc3)n2)cc1. The Morgan fingerprint density at radius 1 is 1.16 bits per heavy atom. The number of aryl methyl sites for hydroxylation is 1. The molecule has 10 heteroatoms. The number of benzene rings is 2. The first kappa shape index (κ1) is 27.3. The molecule has 1 N–H and O–H groups in total. The summed E-state index contributed by atoms with van der Waals surface area (Å²) in [6, 6.07) is 14.1. The molecule has 2 aromatic carbocycles. The lowest BCUT2D eigenvalue weighted by Gasteiger charge is -2.35. The van der Waals surface area contributed by atoms with E-state index in [2.05, 4.69) is 20.7 Å². The van der Waals surface area contributed by atoms with Gasteiger partial charge < -0.3 is 19.7 Å². The summed E-state index contributed by atoms with van der Waals surface area (Å²) in [5, 5.41) is 15.7. The van der Waals surface area contributed by atoms with Gasteiger partial charge >= 0.3 is 0 Å². The lowest BCUT2D eigenvalue weighted by Crippen LogP contribution is -2.51. The topological polar surface area (TPSA) is 111 Å². The Bertz CT molecular complexity index is 1230. The van der Waals surface area contributed by atoms with Crippen LogP contribution in [0.2, 0.25) is 0 Å². The van der Waals surface area contributed by atoms with E-state index in [0.29, 0.717) is 23.7 Å². The lowest BCUT2D eigenvalue weighted by molar-refractivity contribution is -0.144. The predicted molar refractivity (Wildman–Crippen MR) is 142 cm³/mol. The fourth-order valence-electron chi connectivity index (χ4n) is 4.40. The fraction of sp³-hybridized carbons (Fsp3) is 0.464. The number of methoxy groups -OCH3 is 1. The van der Waals surface area contributed by atoms with Crippen molar-refractivity contribution in [3.63, 3.8) is 0 Å². The van der Waals surface area contributed by atoms with Gasteiger partial charge in [-0.1, -0.05) is 42.0 Å². The van der Waals surface area contributed by atoms with Crippen molar-refractivity contribution in [3.8, 4) is 17.1 Å². The summed E-state index contributed by atoms with van der Waals surface area (Å²) in [5.41, 5.74) is 2.12. The molecule has 1 aromatic heterocycles. The van der Waals surface area contributed by atoms with Gasteiger partial charge in [0.05, 0.1) is 13.2 Å². The summed E-state index contributed by atoms with van der Waals surface area (Å²) in [5.74, 6) is 0.510. The Hall–Kier alpha value is -3.79. The van der Waals surface area contributed by atoms with E-state index in [9.17, 15) is 9.59 Å². The van der Waals surface area contributed by atoms with Crippen LogP contribution in [0.15, 0.2) is 48.5 Å². The summed E-state index contributed by atoms with van der Waals surface area (Å²) in [6.07, 6.45) is 1.58. The van der Waals surface area contributed by atoms with Gasteiger partial charge in [-0.15, -0.1) is 10.2 Å². The third-order valence-corrected chi connectivity index (χ3v) is 6.27. The molecule has 0 saturated carbocycles. The molecule has 0 spiro atoms. The van der Waals surface area contributed by atoms with Crippen molar-refractivity contribution in [2.75, 3.05) is 20.3 Å². The van der Waals surface area contributed by atoms with E-state index >= 15 is 0 Å². The highest BCUT2D eigenvalue weighted by Crippen LogP contribution is 2.27. The Morgan fingerprint density at radius 2 is 1.87 bits per heavy atom. The lowest BCUT2D eigenvalue weighted by atomic mass is 10.0. The van der Waals surface area contributed by atoms with Crippen molar-refractivity contribution in [1.82, 2.24) is 30.4 Å². The van der Waals surface area contributed by atoms with Gasteiger partial charge in [0.15, 0.2) is 0 Å². The molecule has 4 rings (SSSR count). The zero-order valence-electron chi connectivity index (χ0n) is 22.7. The Labute approximate surface area is 223 Å². The van der Waals surface area contributed by atoms with Crippen LogP contribution in [-0.2, 0) is 20.9 Å². The highest BCUT2D eigenvalue weighted by molar-refractivity contribution is 5.89. The molecule has 0 radical (unpaired) electrons. The van der Waals surface area contributed by atoms with Gasteiger partial charge in [0.25, 0.3) is 0 Å². The second-order valence-electron chi connectivity index (χ2n) is 10.6. The number of carbonyl (C=O) groups is 2. The Balaban J connectivity index is 1.64. The number of tetrazole rings is 1. The second-order valence-corrected chi connectivity index (χ2v) is 10.6. The number of hydrogen-bond donors (Lipinski definition) is 1. The summed E-state index contributed by atoms with van der Waals surface area (Å²) >= 11 is 0. The zero-order chi connectivity index (χ0) is 27.3. The number of nitrogens with zero attached hydrogens (tertiary/aromatic N) is 5. The molecule has 202 valence electrons. The Morgan fingerprint density at radius 3 is 2.47 bits per heavy atom. The van der Waals surface area contributed by atoms with Crippen LogP contribution in [0.3, 0.4) is 0 Å². The summed E-state index contributed by atoms with van der Waals surface area (Å²) in [6.45, 7) is 8.48. The molecule has 1 aliphatic rings. The highest BCUT2D eigenvalue weighted by atomic mass is 16.5. The van der Waals surface area contributed by atoms with Gasteiger partial charge in [0.1, 0.15) is 18.3 Å². The first-order valence-electron chi connectivity index (χ1n) is 12.8. The van der Waals surface area contributed by atoms with Gasteiger partial charge in [-0.3, -0.25) is 9.59 Å². The van der Waals surface area contributed by atoms with E-state index in [1.165, 1.54) is 4.80 Å². The van der Waals surface area contributed by atoms with E-state index in [4.69, 9.17) is 9.47 Å². The molecule has 0 bridgehead atoms. The number of ether oxygens (including phenoxy) is 2. The van der Waals surface area contributed by atoms with Crippen LogP contribution in [0.5, 0.6) is 5.75 Å². The largest absolute Gasteiger partial charge is 0.497 e.